The van der Waals surface area contributed by atoms with E-state index in [0.717, 1.165) is 30.8 Å². The molecule has 0 amide bonds. The van der Waals surface area contributed by atoms with Gasteiger partial charge in [-0.15, -0.1) is 0 Å². The molecule has 3 nitrogen and oxygen atoms in total. The van der Waals surface area contributed by atoms with Crippen molar-refractivity contribution in [2.45, 2.75) is 25.4 Å². The zero-order valence-corrected chi connectivity index (χ0v) is 12.6. The number of likely N-dealkylation sites (N-methyl/N-ethyl adjacent to an activating group) is 1. The molecular formula is C14H19ClN2OS. The summed E-state index contributed by atoms with van der Waals surface area (Å²) in [4.78, 5) is 2.49. The minimum atomic E-state index is 0.313. The molecule has 1 atom stereocenters. The molecule has 0 spiro atoms. The molecular weight excluding hydrogens is 280 g/mol. The molecule has 19 heavy (non-hydrogen) atoms. The Balaban J connectivity index is 2.04. The maximum Gasteiger partial charge on any atom is 0.105 e. The van der Waals surface area contributed by atoms with Crippen LogP contribution < -0.4 is 10.6 Å². The van der Waals surface area contributed by atoms with Crippen LogP contribution in [0.3, 0.4) is 0 Å². The fraction of sp³-hybridized carbons (Fsp3) is 0.500. The Hall–Kier alpha value is -0.840. The lowest BCUT2D eigenvalue weighted by Gasteiger charge is -2.28. The van der Waals surface area contributed by atoms with Crippen LogP contribution >= 0.6 is 23.8 Å². The molecule has 5 heteroatoms. The number of halogens is 1. The lowest BCUT2D eigenvalue weighted by molar-refractivity contribution is 0.0216. The van der Waals surface area contributed by atoms with E-state index in [-0.39, 0.29) is 0 Å². The first-order valence-electron chi connectivity index (χ1n) is 6.50. The van der Waals surface area contributed by atoms with E-state index in [2.05, 4.69) is 4.90 Å². The predicted molar refractivity (Wildman–Crippen MR) is 84.2 cm³/mol. The van der Waals surface area contributed by atoms with Gasteiger partial charge in [-0.05, 0) is 37.5 Å². The van der Waals surface area contributed by atoms with Crippen molar-refractivity contribution in [2.75, 3.05) is 25.1 Å². The summed E-state index contributed by atoms with van der Waals surface area (Å²) in [5, 5.41) is 0.599. The zero-order chi connectivity index (χ0) is 13.8. The third-order valence-electron chi connectivity index (χ3n) is 3.41. The fourth-order valence-corrected chi connectivity index (χ4v) is 2.81. The van der Waals surface area contributed by atoms with E-state index in [1.54, 1.807) is 0 Å². The van der Waals surface area contributed by atoms with Crippen molar-refractivity contribution in [3.63, 3.8) is 0 Å². The Bertz CT molecular complexity index is 461. The Morgan fingerprint density at radius 2 is 2.32 bits per heavy atom. The quantitative estimate of drug-likeness (QED) is 0.867. The van der Waals surface area contributed by atoms with Crippen molar-refractivity contribution in [2.24, 2.45) is 5.73 Å². The molecule has 2 rings (SSSR count). The van der Waals surface area contributed by atoms with E-state index in [1.165, 1.54) is 12.8 Å². The molecule has 1 saturated heterocycles. The number of thiocarbonyl (C=S) groups is 1. The smallest absolute Gasteiger partial charge is 0.105 e. The van der Waals surface area contributed by atoms with Gasteiger partial charge in [0.2, 0.25) is 0 Å². The van der Waals surface area contributed by atoms with Crippen LogP contribution in [0, 0.1) is 0 Å². The largest absolute Gasteiger partial charge is 0.389 e. The van der Waals surface area contributed by atoms with Crippen molar-refractivity contribution < 1.29 is 4.74 Å². The van der Waals surface area contributed by atoms with Crippen LogP contribution in [-0.2, 0) is 4.74 Å². The minimum Gasteiger partial charge on any atom is -0.389 e. The summed E-state index contributed by atoms with van der Waals surface area (Å²) in [6.07, 6.45) is 3.87. The molecule has 1 aliphatic heterocycles. The maximum atomic E-state index is 6.19. The first-order valence-corrected chi connectivity index (χ1v) is 7.28. The topological polar surface area (TPSA) is 38.5 Å². The van der Waals surface area contributed by atoms with E-state index in [9.17, 15) is 0 Å². The Morgan fingerprint density at radius 3 is 2.89 bits per heavy atom. The number of hydrogen-bond donors (Lipinski definition) is 1. The van der Waals surface area contributed by atoms with Crippen LogP contribution in [0.4, 0.5) is 5.69 Å². The molecule has 1 heterocycles. The standard InChI is InChI=1S/C14H19ClN2OS/c1-17(9-11-4-2-3-7-18-11)10-5-6-12(14(16)19)13(15)8-10/h5-6,8,11H,2-4,7,9H2,1H3,(H2,16,19). The molecule has 1 aliphatic rings. The van der Waals surface area contributed by atoms with Crippen LogP contribution in [0.25, 0.3) is 0 Å². The second kappa shape index (κ2) is 6.55. The van der Waals surface area contributed by atoms with Gasteiger partial charge in [-0.2, -0.15) is 0 Å². The molecule has 104 valence electrons. The highest BCUT2D eigenvalue weighted by Crippen LogP contribution is 2.24. The first kappa shape index (κ1) is 14.6. The van der Waals surface area contributed by atoms with Gasteiger partial charge < -0.3 is 15.4 Å². The zero-order valence-electron chi connectivity index (χ0n) is 11.1. The monoisotopic (exact) mass is 298 g/mol. The molecule has 0 aromatic heterocycles. The number of anilines is 1. The van der Waals surface area contributed by atoms with E-state index in [0.29, 0.717) is 16.1 Å². The van der Waals surface area contributed by atoms with Gasteiger partial charge in [-0.1, -0.05) is 23.8 Å². The van der Waals surface area contributed by atoms with Crippen LogP contribution in [0.1, 0.15) is 24.8 Å². The highest BCUT2D eigenvalue weighted by molar-refractivity contribution is 7.80. The van der Waals surface area contributed by atoms with Gasteiger partial charge in [0.25, 0.3) is 0 Å². The molecule has 1 fully saturated rings. The Kier molecular flexibility index (Phi) is 5.02. The predicted octanol–water partition coefficient (Wildman–Crippen LogP) is 2.98. The van der Waals surface area contributed by atoms with Crippen molar-refractivity contribution in [1.29, 1.82) is 0 Å². The SMILES string of the molecule is CN(CC1CCCCO1)c1ccc(C(N)=S)c(Cl)c1. The molecule has 0 saturated carbocycles. The van der Waals surface area contributed by atoms with Crippen LogP contribution in [0.2, 0.25) is 5.02 Å². The highest BCUT2D eigenvalue weighted by Gasteiger charge is 2.16. The van der Waals surface area contributed by atoms with Crippen molar-refractivity contribution in [3.05, 3.63) is 28.8 Å². The van der Waals surface area contributed by atoms with Gasteiger partial charge in [0.05, 0.1) is 11.1 Å². The molecule has 0 bridgehead atoms. The third-order valence-corrected chi connectivity index (χ3v) is 3.94. The second-order valence-electron chi connectivity index (χ2n) is 4.90. The summed E-state index contributed by atoms with van der Waals surface area (Å²) < 4.78 is 5.75. The van der Waals surface area contributed by atoms with Crippen LogP contribution in [0.5, 0.6) is 0 Å². The highest BCUT2D eigenvalue weighted by atomic mass is 35.5. The van der Waals surface area contributed by atoms with Crippen molar-refractivity contribution >= 4 is 34.5 Å². The number of hydrogen-bond acceptors (Lipinski definition) is 3. The van der Waals surface area contributed by atoms with E-state index in [1.807, 2.05) is 25.2 Å². The maximum absolute atomic E-state index is 6.19. The number of benzene rings is 1. The van der Waals surface area contributed by atoms with Gasteiger partial charge in [0, 0.05) is 31.5 Å². The van der Waals surface area contributed by atoms with Crippen molar-refractivity contribution in [3.8, 4) is 0 Å². The summed E-state index contributed by atoms with van der Waals surface area (Å²) >= 11 is 11.1. The molecule has 1 aromatic carbocycles. The average Bonchev–Trinajstić information content (AvgIpc) is 2.39. The summed E-state index contributed by atoms with van der Waals surface area (Å²) in [5.41, 5.74) is 7.38. The van der Waals surface area contributed by atoms with Crippen LogP contribution in [-0.4, -0.2) is 31.3 Å². The number of rotatable bonds is 4. The van der Waals surface area contributed by atoms with E-state index >= 15 is 0 Å². The van der Waals surface area contributed by atoms with E-state index < -0.39 is 0 Å². The van der Waals surface area contributed by atoms with Crippen molar-refractivity contribution in [1.82, 2.24) is 0 Å². The lowest BCUT2D eigenvalue weighted by atomic mass is 10.1. The second-order valence-corrected chi connectivity index (χ2v) is 5.74. The fourth-order valence-electron chi connectivity index (χ4n) is 2.30. The van der Waals surface area contributed by atoms with Gasteiger partial charge in [0.15, 0.2) is 0 Å². The molecule has 1 aromatic rings. The number of nitrogens with zero attached hydrogens (tertiary/aromatic N) is 1. The normalized spacial score (nSPS) is 19.2. The molecule has 0 radical (unpaired) electrons. The third kappa shape index (κ3) is 3.81. The first-order chi connectivity index (χ1) is 9.08. The summed E-state index contributed by atoms with van der Waals surface area (Å²) in [6, 6.07) is 5.76. The summed E-state index contributed by atoms with van der Waals surface area (Å²) in [5.74, 6) is 0. The molecule has 2 N–H and O–H groups in total. The van der Waals surface area contributed by atoms with E-state index in [4.69, 9.17) is 34.3 Å². The number of ether oxygens (including phenoxy) is 1. The summed E-state index contributed by atoms with van der Waals surface area (Å²) in [7, 11) is 2.05. The summed E-state index contributed by atoms with van der Waals surface area (Å²) in [6.45, 7) is 1.75. The van der Waals surface area contributed by atoms with Gasteiger partial charge in [-0.25, -0.2) is 0 Å². The average molecular weight is 299 g/mol. The van der Waals surface area contributed by atoms with Gasteiger partial charge in [0.1, 0.15) is 4.99 Å². The Labute approximate surface area is 124 Å². The molecule has 1 unspecified atom stereocenters. The van der Waals surface area contributed by atoms with Gasteiger partial charge >= 0.3 is 0 Å². The lowest BCUT2D eigenvalue weighted by Crippen LogP contribution is -2.33. The molecule has 0 aliphatic carbocycles. The van der Waals surface area contributed by atoms with Gasteiger partial charge in [-0.3, -0.25) is 0 Å². The van der Waals surface area contributed by atoms with Crippen LogP contribution in [0.15, 0.2) is 18.2 Å². The Morgan fingerprint density at radius 1 is 1.53 bits per heavy atom. The minimum absolute atomic E-state index is 0.313. The number of nitrogens with two attached hydrogens (primary N) is 1.